The lowest BCUT2D eigenvalue weighted by Crippen LogP contribution is -2.61. The Bertz CT molecular complexity index is 1850. The minimum absolute atomic E-state index is 0.120. The van der Waals surface area contributed by atoms with Gasteiger partial charge in [0, 0.05) is 61.6 Å². The first-order chi connectivity index (χ1) is 28.7. The van der Waals surface area contributed by atoms with Crippen molar-refractivity contribution in [3.8, 4) is 5.75 Å². The van der Waals surface area contributed by atoms with Gasteiger partial charge < -0.3 is 35.4 Å². The molecule has 2 aromatic carbocycles. The van der Waals surface area contributed by atoms with Crippen LogP contribution in [0.2, 0.25) is 5.02 Å². The summed E-state index contributed by atoms with van der Waals surface area (Å²) in [6.45, 7) is 9.11. The average Bonchev–Trinajstić information content (AvgIpc) is 3.84. The number of benzene rings is 2. The molecule has 0 radical (unpaired) electrons. The van der Waals surface area contributed by atoms with Crippen LogP contribution < -0.4 is 20.7 Å². The van der Waals surface area contributed by atoms with Gasteiger partial charge in [-0.05, 0) is 73.3 Å². The third-order valence-electron chi connectivity index (χ3n) is 13.0. The van der Waals surface area contributed by atoms with Crippen LogP contribution in [0.5, 0.6) is 5.75 Å². The number of carbonyl (C=O) groups is 4. The predicted octanol–water partition coefficient (Wildman–Crippen LogP) is 5.82. The fraction of sp³-hybridized carbons (Fsp3) is 0.630. The number of rotatable bonds is 16. The third-order valence-corrected chi connectivity index (χ3v) is 13.2. The highest BCUT2D eigenvalue weighted by molar-refractivity contribution is 6.38. The summed E-state index contributed by atoms with van der Waals surface area (Å²) in [5.41, 5.74) is 0.425. The zero-order valence-electron chi connectivity index (χ0n) is 35.9. The molecule has 3 aliphatic heterocycles. The maximum Gasteiger partial charge on any atom is 0.289 e. The van der Waals surface area contributed by atoms with Crippen molar-refractivity contribution >= 4 is 40.8 Å². The van der Waals surface area contributed by atoms with E-state index < -0.39 is 58.4 Å². The van der Waals surface area contributed by atoms with Gasteiger partial charge in [0.25, 0.3) is 5.91 Å². The van der Waals surface area contributed by atoms with Crippen LogP contribution in [0.3, 0.4) is 0 Å². The minimum atomic E-state index is -1.30. The molecule has 1 saturated carbocycles. The van der Waals surface area contributed by atoms with E-state index in [1.165, 1.54) is 6.42 Å². The summed E-state index contributed by atoms with van der Waals surface area (Å²) >= 11 is 6.32. The smallest absolute Gasteiger partial charge is 0.289 e. The molecule has 2 saturated heterocycles. The SMILES string of the molecule is CCC[C@H](NC(=O)[C@@H]1C[C@]2(CC(c3cccc(Cl)c3)=NO2)CN1C(O)[C@@H](NC(=O)CC1CCCCC1)C(C)(C)C)C(=O)C(=O)NCC1(c2ccc(OC)cc2)CCOCC1. The van der Waals surface area contributed by atoms with Crippen LogP contribution >= 0.6 is 11.6 Å². The Morgan fingerprint density at radius 3 is 2.40 bits per heavy atom. The molecule has 1 unspecified atom stereocenters. The van der Waals surface area contributed by atoms with Crippen molar-refractivity contribution in [2.75, 3.05) is 33.4 Å². The van der Waals surface area contributed by atoms with E-state index in [1.807, 2.05) is 64.1 Å². The molecule has 328 valence electrons. The Balaban J connectivity index is 1.20. The molecule has 2 aromatic rings. The molecule has 1 spiro atoms. The van der Waals surface area contributed by atoms with Gasteiger partial charge in [-0.25, -0.2) is 0 Å². The van der Waals surface area contributed by atoms with Gasteiger partial charge in [-0.1, -0.05) is 94.4 Å². The number of nitrogens with zero attached hydrogens (tertiary/aromatic N) is 2. The highest BCUT2D eigenvalue weighted by atomic mass is 35.5. The number of ether oxygens (including phenoxy) is 2. The number of aliphatic hydroxyl groups excluding tert-OH is 1. The summed E-state index contributed by atoms with van der Waals surface area (Å²) in [7, 11) is 1.61. The Morgan fingerprint density at radius 1 is 1.03 bits per heavy atom. The van der Waals surface area contributed by atoms with E-state index in [9.17, 15) is 24.3 Å². The molecule has 3 fully saturated rings. The van der Waals surface area contributed by atoms with E-state index >= 15 is 0 Å². The molecular weight excluding hydrogens is 786 g/mol. The number of hydrogen-bond donors (Lipinski definition) is 4. The van der Waals surface area contributed by atoms with E-state index in [-0.39, 0.29) is 31.8 Å². The van der Waals surface area contributed by atoms with Crippen LogP contribution in [0.1, 0.15) is 116 Å². The second-order valence-electron chi connectivity index (χ2n) is 18.4. The second-order valence-corrected chi connectivity index (χ2v) is 18.9. The van der Waals surface area contributed by atoms with Crippen LogP contribution in [-0.2, 0) is 34.2 Å². The van der Waals surface area contributed by atoms with Gasteiger partial charge in [0.15, 0.2) is 5.60 Å². The number of aliphatic hydroxyl groups is 1. The van der Waals surface area contributed by atoms with Crippen LogP contribution in [0.4, 0.5) is 0 Å². The molecule has 4 N–H and O–H groups in total. The Hall–Kier alpha value is -4.04. The van der Waals surface area contributed by atoms with E-state index in [0.29, 0.717) is 62.0 Å². The number of ketones is 1. The molecule has 14 heteroatoms. The van der Waals surface area contributed by atoms with Crippen LogP contribution in [-0.4, -0.2) is 103 Å². The molecule has 6 rings (SSSR count). The number of hydrogen-bond acceptors (Lipinski definition) is 10. The fourth-order valence-electron chi connectivity index (χ4n) is 9.45. The first-order valence-electron chi connectivity index (χ1n) is 21.7. The monoisotopic (exact) mass is 849 g/mol. The van der Waals surface area contributed by atoms with Crippen molar-refractivity contribution in [2.45, 2.75) is 140 Å². The van der Waals surface area contributed by atoms with E-state index in [2.05, 4.69) is 21.1 Å². The van der Waals surface area contributed by atoms with Crippen molar-refractivity contribution in [1.82, 2.24) is 20.9 Å². The standard InChI is InChI=1S/C46H64ClN5O8/c1-6-11-35(39(54)42(56)48-28-45(20-22-59-23-21-45)32-16-18-34(58-5)19-17-32)49-41(55)37-27-46(26-36(51-60-46)31-14-10-15-33(47)25-31)29-52(37)43(57)40(44(2,3)4)50-38(53)24-30-12-8-7-9-13-30/h10,14-19,25,30,35,37,40,43,57H,6-9,11-13,20-24,26-29H2,1-5H3,(H,48,56)(H,49,55)(H,50,53)/t35-,37-,40+,43?,46+/m0/s1. The van der Waals surface area contributed by atoms with Gasteiger partial charge in [0.1, 0.15) is 12.0 Å². The van der Waals surface area contributed by atoms with Gasteiger partial charge >= 0.3 is 0 Å². The molecule has 1 aliphatic carbocycles. The normalized spacial score (nSPS) is 23.5. The Labute approximate surface area is 359 Å². The Morgan fingerprint density at radius 2 is 1.75 bits per heavy atom. The van der Waals surface area contributed by atoms with Crippen LogP contribution in [0, 0.1) is 11.3 Å². The van der Waals surface area contributed by atoms with E-state index in [4.69, 9.17) is 25.9 Å². The highest BCUT2D eigenvalue weighted by Crippen LogP contribution is 2.41. The lowest BCUT2D eigenvalue weighted by molar-refractivity contribution is -0.142. The number of amides is 3. The molecule has 4 aliphatic rings. The number of methoxy groups -OCH3 is 1. The van der Waals surface area contributed by atoms with Gasteiger partial charge in [-0.15, -0.1) is 0 Å². The highest BCUT2D eigenvalue weighted by Gasteiger charge is 2.56. The second kappa shape index (κ2) is 19.8. The summed E-state index contributed by atoms with van der Waals surface area (Å²) in [5.74, 6) is -1.15. The maximum atomic E-state index is 14.6. The molecular formula is C46H64ClN5O8. The minimum Gasteiger partial charge on any atom is -0.497 e. The molecule has 0 aromatic heterocycles. The number of halogens is 1. The lowest BCUT2D eigenvalue weighted by atomic mass is 9.74. The summed E-state index contributed by atoms with van der Waals surface area (Å²) in [6, 6.07) is 12.2. The maximum absolute atomic E-state index is 14.6. The zero-order chi connectivity index (χ0) is 43.1. The van der Waals surface area contributed by atoms with E-state index in [1.54, 1.807) is 24.1 Å². The molecule has 3 amide bonds. The number of carbonyl (C=O) groups excluding carboxylic acids is 4. The summed E-state index contributed by atoms with van der Waals surface area (Å²) < 4.78 is 11.0. The van der Waals surface area contributed by atoms with Crippen molar-refractivity contribution in [1.29, 1.82) is 0 Å². The van der Waals surface area contributed by atoms with Gasteiger partial charge in [-0.2, -0.15) is 0 Å². The zero-order valence-corrected chi connectivity index (χ0v) is 36.7. The van der Waals surface area contributed by atoms with Crippen molar-refractivity contribution in [3.05, 3.63) is 64.7 Å². The van der Waals surface area contributed by atoms with Gasteiger partial charge in [0.05, 0.1) is 30.9 Å². The lowest BCUT2D eigenvalue weighted by Gasteiger charge is -2.41. The molecule has 5 atom stereocenters. The fourth-order valence-corrected chi connectivity index (χ4v) is 9.64. The van der Waals surface area contributed by atoms with Gasteiger partial charge in [-0.3, -0.25) is 24.1 Å². The number of oxime groups is 1. The van der Waals surface area contributed by atoms with Crippen LogP contribution in [0.15, 0.2) is 53.7 Å². The Kier molecular flexibility index (Phi) is 15.0. The quantitative estimate of drug-likeness (QED) is 0.152. The van der Waals surface area contributed by atoms with E-state index in [0.717, 1.165) is 42.6 Å². The van der Waals surface area contributed by atoms with Crippen molar-refractivity contribution < 1.29 is 38.6 Å². The van der Waals surface area contributed by atoms with Crippen molar-refractivity contribution in [3.63, 3.8) is 0 Å². The van der Waals surface area contributed by atoms with Crippen LogP contribution in [0.25, 0.3) is 0 Å². The third kappa shape index (κ3) is 10.9. The first kappa shape index (κ1) is 45.5. The number of nitrogens with one attached hydrogen (secondary N) is 3. The number of Topliss-reactive ketones (excluding diaryl/α,β-unsaturated/α-hetero) is 1. The summed E-state index contributed by atoms with van der Waals surface area (Å²) in [4.78, 5) is 63.7. The predicted molar refractivity (Wildman–Crippen MR) is 230 cm³/mol. The topological polar surface area (TPSA) is 168 Å². The number of likely N-dealkylation sites (tertiary alicyclic amines) is 1. The largest absolute Gasteiger partial charge is 0.497 e. The molecule has 3 heterocycles. The molecule has 0 bridgehead atoms. The summed E-state index contributed by atoms with van der Waals surface area (Å²) in [6.07, 6.45) is 7.06. The average molecular weight is 850 g/mol. The summed E-state index contributed by atoms with van der Waals surface area (Å²) in [5, 5.41) is 26.3. The van der Waals surface area contributed by atoms with Crippen molar-refractivity contribution in [2.24, 2.45) is 16.5 Å². The molecule has 60 heavy (non-hydrogen) atoms. The van der Waals surface area contributed by atoms with Gasteiger partial charge in [0.2, 0.25) is 17.6 Å². The first-order valence-corrected chi connectivity index (χ1v) is 22.1. The molecule has 13 nitrogen and oxygen atoms in total.